The predicted molar refractivity (Wildman–Crippen MR) is 90.3 cm³/mol. The van der Waals surface area contributed by atoms with E-state index in [1.54, 1.807) is 0 Å². The molecule has 0 saturated carbocycles. The number of benzene rings is 2. The Morgan fingerprint density at radius 1 is 0.955 bits per heavy atom. The van der Waals surface area contributed by atoms with E-state index in [0.29, 0.717) is 0 Å². The van der Waals surface area contributed by atoms with Crippen LogP contribution in [-0.4, -0.2) is 31.1 Å². The fourth-order valence-electron chi connectivity index (χ4n) is 3.01. The fourth-order valence-corrected chi connectivity index (χ4v) is 3.23. The van der Waals surface area contributed by atoms with Crippen molar-refractivity contribution in [3.05, 3.63) is 58.6 Å². The van der Waals surface area contributed by atoms with Crippen LogP contribution < -0.4 is 10.1 Å². The third-order valence-corrected chi connectivity index (χ3v) is 4.46. The van der Waals surface area contributed by atoms with Gasteiger partial charge in [0.05, 0.1) is 5.02 Å². The van der Waals surface area contributed by atoms with Gasteiger partial charge in [0.25, 0.3) is 0 Å². The number of piperazine rings is 1. The third-order valence-electron chi connectivity index (χ3n) is 4.13. The Balaban J connectivity index is 1.90. The molecular weight excluding hydrogens is 296 g/mol. The zero-order valence-corrected chi connectivity index (χ0v) is 12.9. The molecule has 0 atom stereocenters. The normalized spacial score (nSPS) is 17.0. The summed E-state index contributed by atoms with van der Waals surface area (Å²) in [5.41, 5.74) is 3.26. The Morgan fingerprint density at radius 3 is 2.59 bits per heavy atom. The van der Waals surface area contributed by atoms with Crippen molar-refractivity contribution in [2.75, 3.05) is 26.2 Å². The maximum absolute atomic E-state index is 6.41. The molecule has 2 aliphatic heterocycles. The van der Waals surface area contributed by atoms with Crippen LogP contribution in [0.3, 0.4) is 0 Å². The Morgan fingerprint density at radius 2 is 1.73 bits per heavy atom. The van der Waals surface area contributed by atoms with Crippen LogP contribution in [0.2, 0.25) is 5.02 Å². The van der Waals surface area contributed by atoms with Gasteiger partial charge >= 0.3 is 0 Å². The van der Waals surface area contributed by atoms with Crippen LogP contribution in [0.4, 0.5) is 0 Å². The largest absolute Gasteiger partial charge is 0.456 e. The number of ether oxygens (including phenoxy) is 1. The number of rotatable bonds is 1. The quantitative estimate of drug-likeness (QED) is 0.865. The van der Waals surface area contributed by atoms with Gasteiger partial charge in [-0.2, -0.15) is 0 Å². The second-order valence-corrected chi connectivity index (χ2v) is 5.92. The summed E-state index contributed by atoms with van der Waals surface area (Å²) >= 11 is 6.41. The molecule has 2 aromatic carbocycles. The second-order valence-electron chi connectivity index (χ2n) is 5.52. The van der Waals surface area contributed by atoms with Crippen LogP contribution >= 0.6 is 11.6 Å². The highest BCUT2D eigenvalue weighted by atomic mass is 35.5. The van der Waals surface area contributed by atoms with Gasteiger partial charge in [-0.25, -0.2) is 0 Å². The van der Waals surface area contributed by atoms with Crippen molar-refractivity contribution in [2.24, 2.45) is 0 Å². The van der Waals surface area contributed by atoms with E-state index in [9.17, 15) is 0 Å². The van der Waals surface area contributed by atoms with Gasteiger partial charge in [-0.1, -0.05) is 29.8 Å². The minimum Gasteiger partial charge on any atom is -0.456 e. The van der Waals surface area contributed by atoms with E-state index in [2.05, 4.69) is 28.4 Å². The number of para-hydroxylation sites is 1. The molecule has 4 rings (SSSR count). The molecule has 0 spiro atoms. The molecule has 4 heteroatoms. The summed E-state index contributed by atoms with van der Waals surface area (Å²) in [5, 5.41) is 4.12. The first-order valence-corrected chi connectivity index (χ1v) is 7.94. The smallest absolute Gasteiger partial charge is 0.136 e. The Hall–Kier alpha value is -1.97. The van der Waals surface area contributed by atoms with Crippen LogP contribution in [0.5, 0.6) is 11.5 Å². The van der Waals surface area contributed by atoms with Crippen molar-refractivity contribution in [1.29, 1.82) is 0 Å². The zero-order valence-electron chi connectivity index (χ0n) is 12.2. The van der Waals surface area contributed by atoms with Gasteiger partial charge in [-0.05, 0) is 30.3 Å². The molecule has 1 N–H and O–H groups in total. The number of halogens is 1. The van der Waals surface area contributed by atoms with Gasteiger partial charge in [0.2, 0.25) is 0 Å². The summed E-state index contributed by atoms with van der Waals surface area (Å²) in [6.07, 6.45) is 2.16. The summed E-state index contributed by atoms with van der Waals surface area (Å²) < 4.78 is 6.13. The SMILES string of the molecule is Clc1cccc2c1C=C(N1CCNCC1)c1ccccc1O2. The Labute approximate surface area is 135 Å². The van der Waals surface area contributed by atoms with Crippen molar-refractivity contribution in [3.63, 3.8) is 0 Å². The highest BCUT2D eigenvalue weighted by Crippen LogP contribution is 2.41. The van der Waals surface area contributed by atoms with E-state index in [1.165, 1.54) is 5.70 Å². The second kappa shape index (κ2) is 5.67. The Kier molecular flexibility index (Phi) is 3.53. The molecule has 2 aliphatic rings. The molecule has 0 bridgehead atoms. The molecule has 2 heterocycles. The molecule has 0 unspecified atom stereocenters. The van der Waals surface area contributed by atoms with E-state index < -0.39 is 0 Å². The van der Waals surface area contributed by atoms with Crippen LogP contribution in [0.15, 0.2) is 42.5 Å². The van der Waals surface area contributed by atoms with E-state index in [4.69, 9.17) is 16.3 Å². The molecule has 112 valence electrons. The zero-order chi connectivity index (χ0) is 14.9. The number of hydrogen-bond donors (Lipinski definition) is 1. The predicted octanol–water partition coefficient (Wildman–Crippen LogP) is 3.85. The van der Waals surface area contributed by atoms with Crippen LogP contribution in [0, 0.1) is 0 Å². The summed E-state index contributed by atoms with van der Waals surface area (Å²) in [5.74, 6) is 1.69. The summed E-state index contributed by atoms with van der Waals surface area (Å²) in [4.78, 5) is 2.40. The minimum absolute atomic E-state index is 0.720. The molecule has 22 heavy (non-hydrogen) atoms. The van der Waals surface area contributed by atoms with E-state index in [-0.39, 0.29) is 0 Å². The first-order chi connectivity index (χ1) is 10.8. The summed E-state index contributed by atoms with van der Waals surface area (Å²) in [6.45, 7) is 3.96. The van der Waals surface area contributed by atoms with Gasteiger partial charge in [0.15, 0.2) is 0 Å². The number of hydrogen-bond acceptors (Lipinski definition) is 3. The minimum atomic E-state index is 0.720. The molecule has 0 aliphatic carbocycles. The van der Waals surface area contributed by atoms with Crippen molar-refractivity contribution >= 4 is 23.4 Å². The van der Waals surface area contributed by atoms with Gasteiger partial charge in [0.1, 0.15) is 11.5 Å². The van der Waals surface area contributed by atoms with Crippen molar-refractivity contribution < 1.29 is 4.74 Å². The van der Waals surface area contributed by atoms with Crippen molar-refractivity contribution in [2.45, 2.75) is 0 Å². The van der Waals surface area contributed by atoms with Crippen molar-refractivity contribution in [1.82, 2.24) is 10.2 Å². The average Bonchev–Trinajstić information content (AvgIpc) is 2.73. The number of fused-ring (bicyclic) bond motifs is 2. The monoisotopic (exact) mass is 312 g/mol. The molecule has 1 saturated heterocycles. The fraction of sp³-hybridized carbons (Fsp3) is 0.222. The first kappa shape index (κ1) is 13.7. The summed E-state index contributed by atoms with van der Waals surface area (Å²) in [6, 6.07) is 14.0. The van der Waals surface area contributed by atoms with E-state index >= 15 is 0 Å². The van der Waals surface area contributed by atoms with E-state index in [1.807, 2.05) is 30.3 Å². The lowest BCUT2D eigenvalue weighted by Crippen LogP contribution is -2.42. The highest BCUT2D eigenvalue weighted by Gasteiger charge is 2.22. The molecular formula is C18H17ClN2O. The molecule has 2 aromatic rings. The topological polar surface area (TPSA) is 24.5 Å². The van der Waals surface area contributed by atoms with Gasteiger partial charge < -0.3 is 15.0 Å². The molecule has 0 amide bonds. The lowest BCUT2D eigenvalue weighted by atomic mass is 10.1. The van der Waals surface area contributed by atoms with Gasteiger partial charge in [0, 0.05) is 43.0 Å². The number of nitrogens with zero attached hydrogens (tertiary/aromatic N) is 1. The number of nitrogens with one attached hydrogen (secondary N) is 1. The van der Waals surface area contributed by atoms with Crippen LogP contribution in [-0.2, 0) is 0 Å². The van der Waals surface area contributed by atoms with Crippen LogP contribution in [0.1, 0.15) is 11.1 Å². The maximum Gasteiger partial charge on any atom is 0.136 e. The van der Waals surface area contributed by atoms with Crippen molar-refractivity contribution in [3.8, 4) is 11.5 Å². The molecule has 3 nitrogen and oxygen atoms in total. The highest BCUT2D eigenvalue weighted by molar-refractivity contribution is 6.32. The molecule has 0 radical (unpaired) electrons. The first-order valence-electron chi connectivity index (χ1n) is 7.56. The van der Waals surface area contributed by atoms with E-state index in [0.717, 1.165) is 53.8 Å². The lowest BCUT2D eigenvalue weighted by molar-refractivity contribution is 0.341. The maximum atomic E-state index is 6.41. The van der Waals surface area contributed by atoms with Gasteiger partial charge in [-0.15, -0.1) is 0 Å². The molecule has 0 aromatic heterocycles. The standard InChI is InChI=1S/C18H17ClN2O/c19-15-5-3-7-18-14(15)12-16(21-10-8-20-9-11-21)13-4-1-2-6-17(13)22-18/h1-7,12,20H,8-11H2. The third kappa shape index (κ3) is 2.36. The lowest BCUT2D eigenvalue weighted by Gasteiger charge is -2.31. The average molecular weight is 313 g/mol. The van der Waals surface area contributed by atoms with Gasteiger partial charge in [-0.3, -0.25) is 0 Å². The Bertz CT molecular complexity index is 736. The molecule has 1 fully saturated rings. The van der Waals surface area contributed by atoms with Crippen LogP contribution in [0.25, 0.3) is 11.8 Å². The summed E-state index contributed by atoms with van der Waals surface area (Å²) in [7, 11) is 0.